The molecule has 4 N–H and O–H groups in total. The van der Waals surface area contributed by atoms with Gasteiger partial charge in [0, 0.05) is 12.2 Å². The predicted molar refractivity (Wildman–Crippen MR) is 73.8 cm³/mol. The highest BCUT2D eigenvalue weighted by atomic mass is 16.5. The van der Waals surface area contributed by atoms with Gasteiger partial charge in [-0.1, -0.05) is 13.8 Å². The molecule has 0 fully saturated rings. The summed E-state index contributed by atoms with van der Waals surface area (Å²) in [4.78, 5) is 25.8. The number of carbonyl (C=O) groups excluding carboxylic acids is 1. The van der Waals surface area contributed by atoms with Gasteiger partial charge in [-0.3, -0.25) is 4.79 Å². The molecule has 0 aliphatic carbocycles. The van der Waals surface area contributed by atoms with Gasteiger partial charge < -0.3 is 20.9 Å². The van der Waals surface area contributed by atoms with Crippen LogP contribution in [-0.4, -0.2) is 41.7 Å². The molecule has 0 aliphatic heterocycles. The molecule has 0 saturated carbocycles. The summed E-state index contributed by atoms with van der Waals surface area (Å²) in [6.07, 6.45) is 0. The lowest BCUT2D eigenvalue weighted by molar-refractivity contribution is -0.122. The lowest BCUT2D eigenvalue weighted by Gasteiger charge is -2.11. The first-order valence-electron chi connectivity index (χ1n) is 6.25. The van der Waals surface area contributed by atoms with Crippen molar-refractivity contribution in [1.29, 1.82) is 0 Å². The van der Waals surface area contributed by atoms with E-state index in [9.17, 15) is 9.59 Å². The van der Waals surface area contributed by atoms with Crippen LogP contribution in [0.25, 0.3) is 0 Å². The molecule has 7 nitrogen and oxygen atoms in total. The fourth-order valence-corrected chi connectivity index (χ4v) is 1.49. The van der Waals surface area contributed by atoms with Gasteiger partial charge in [-0.2, -0.15) is 0 Å². The highest BCUT2D eigenvalue weighted by Crippen LogP contribution is 2.17. The van der Waals surface area contributed by atoms with Crippen LogP contribution in [0.5, 0.6) is 0 Å². The summed E-state index contributed by atoms with van der Waals surface area (Å²) in [5, 5.41) is 12.0. The van der Waals surface area contributed by atoms with E-state index in [1.165, 1.54) is 6.07 Å². The van der Waals surface area contributed by atoms with E-state index in [4.69, 9.17) is 15.6 Å². The molecular formula is C13H19N3O4. The summed E-state index contributed by atoms with van der Waals surface area (Å²) in [7, 11) is 0. The summed E-state index contributed by atoms with van der Waals surface area (Å²) < 4.78 is 4.99. The Hall–Kier alpha value is -2.15. The number of carboxylic acids is 1. The topological polar surface area (TPSA) is 115 Å². The van der Waals surface area contributed by atoms with Gasteiger partial charge in [-0.05, 0) is 18.1 Å². The van der Waals surface area contributed by atoms with Gasteiger partial charge in [0.05, 0.1) is 12.2 Å². The van der Waals surface area contributed by atoms with Crippen LogP contribution in [0, 0.1) is 0 Å². The number of hydrogen-bond acceptors (Lipinski definition) is 5. The van der Waals surface area contributed by atoms with E-state index in [2.05, 4.69) is 10.3 Å². The van der Waals surface area contributed by atoms with E-state index in [0.29, 0.717) is 18.1 Å². The first-order valence-corrected chi connectivity index (χ1v) is 6.25. The summed E-state index contributed by atoms with van der Waals surface area (Å²) in [5.41, 5.74) is 5.81. The average molecular weight is 281 g/mol. The van der Waals surface area contributed by atoms with Crippen LogP contribution in [0.3, 0.4) is 0 Å². The summed E-state index contributed by atoms with van der Waals surface area (Å²) >= 11 is 0. The molecule has 7 heteroatoms. The van der Waals surface area contributed by atoms with Crippen molar-refractivity contribution in [2.24, 2.45) is 5.73 Å². The van der Waals surface area contributed by atoms with Gasteiger partial charge in [0.25, 0.3) is 0 Å². The van der Waals surface area contributed by atoms with Crippen molar-refractivity contribution in [2.45, 2.75) is 19.8 Å². The summed E-state index contributed by atoms with van der Waals surface area (Å²) in [6, 6.07) is 3.02. The van der Waals surface area contributed by atoms with E-state index in [1.54, 1.807) is 6.07 Å². The van der Waals surface area contributed by atoms with Crippen LogP contribution in [0.4, 0.5) is 5.82 Å². The molecule has 0 aromatic carbocycles. The zero-order valence-electron chi connectivity index (χ0n) is 11.5. The minimum Gasteiger partial charge on any atom is -0.478 e. The minimum absolute atomic E-state index is 0.126. The maximum atomic E-state index is 11.0. The number of primary amides is 1. The van der Waals surface area contributed by atoms with Crippen molar-refractivity contribution in [1.82, 2.24) is 4.98 Å². The second-order valence-electron chi connectivity index (χ2n) is 4.57. The van der Waals surface area contributed by atoms with E-state index in [-0.39, 0.29) is 24.7 Å². The molecule has 0 saturated heterocycles. The third kappa shape index (κ3) is 5.23. The number of anilines is 1. The van der Waals surface area contributed by atoms with Crippen molar-refractivity contribution < 1.29 is 19.4 Å². The van der Waals surface area contributed by atoms with Crippen LogP contribution in [0.15, 0.2) is 12.1 Å². The van der Waals surface area contributed by atoms with Gasteiger partial charge in [-0.15, -0.1) is 0 Å². The fraction of sp³-hybridized carbons (Fsp3) is 0.462. The molecule has 0 aliphatic rings. The SMILES string of the molecule is CC(C)c1cc(C(=O)O)cc(NCCOCC(N)=O)n1. The van der Waals surface area contributed by atoms with Crippen LogP contribution in [-0.2, 0) is 9.53 Å². The Bertz CT molecular complexity index is 489. The smallest absolute Gasteiger partial charge is 0.335 e. The molecule has 0 bridgehead atoms. The molecule has 110 valence electrons. The van der Waals surface area contributed by atoms with E-state index < -0.39 is 11.9 Å². The first-order chi connectivity index (χ1) is 9.40. The second kappa shape index (κ2) is 7.44. The molecule has 1 amide bonds. The standard InChI is InChI=1S/C13H19N3O4/c1-8(2)10-5-9(13(18)19)6-12(16-10)15-3-4-20-7-11(14)17/h5-6,8H,3-4,7H2,1-2H3,(H2,14,17)(H,15,16)(H,18,19). The highest BCUT2D eigenvalue weighted by molar-refractivity contribution is 5.88. The van der Waals surface area contributed by atoms with Gasteiger partial charge in [-0.25, -0.2) is 9.78 Å². The van der Waals surface area contributed by atoms with Crippen molar-refractivity contribution >= 4 is 17.7 Å². The zero-order valence-corrected chi connectivity index (χ0v) is 11.5. The molecule has 0 atom stereocenters. The predicted octanol–water partition coefficient (Wildman–Crippen LogP) is 0.817. The zero-order chi connectivity index (χ0) is 15.1. The minimum atomic E-state index is -0.998. The number of nitrogens with one attached hydrogen (secondary N) is 1. The maximum Gasteiger partial charge on any atom is 0.335 e. The third-order valence-corrected chi connectivity index (χ3v) is 2.48. The van der Waals surface area contributed by atoms with Gasteiger partial charge >= 0.3 is 5.97 Å². The number of carboxylic acid groups (broad SMARTS) is 1. The van der Waals surface area contributed by atoms with Crippen LogP contribution >= 0.6 is 0 Å². The molecule has 0 radical (unpaired) electrons. The second-order valence-corrected chi connectivity index (χ2v) is 4.57. The normalized spacial score (nSPS) is 10.6. The first kappa shape index (κ1) is 15.9. The Morgan fingerprint density at radius 2 is 2.15 bits per heavy atom. The van der Waals surface area contributed by atoms with E-state index in [1.807, 2.05) is 13.8 Å². The van der Waals surface area contributed by atoms with E-state index >= 15 is 0 Å². The largest absolute Gasteiger partial charge is 0.478 e. The monoisotopic (exact) mass is 281 g/mol. The quantitative estimate of drug-likeness (QED) is 0.608. The number of aromatic carboxylic acids is 1. The summed E-state index contributed by atoms with van der Waals surface area (Å²) in [6.45, 7) is 4.42. The molecule has 1 aromatic rings. The Labute approximate surface area is 117 Å². The van der Waals surface area contributed by atoms with Crippen molar-refractivity contribution in [3.05, 3.63) is 23.4 Å². The van der Waals surface area contributed by atoms with Crippen molar-refractivity contribution in [3.8, 4) is 0 Å². The number of nitrogens with two attached hydrogens (primary N) is 1. The molecule has 20 heavy (non-hydrogen) atoms. The highest BCUT2D eigenvalue weighted by Gasteiger charge is 2.10. The van der Waals surface area contributed by atoms with E-state index in [0.717, 1.165) is 0 Å². The number of nitrogens with zero attached hydrogens (tertiary/aromatic N) is 1. The van der Waals surface area contributed by atoms with Crippen LogP contribution in [0.2, 0.25) is 0 Å². The Morgan fingerprint density at radius 3 is 2.70 bits per heavy atom. The number of aromatic nitrogens is 1. The molecular weight excluding hydrogens is 262 g/mol. The van der Waals surface area contributed by atoms with Crippen LogP contribution in [0.1, 0.15) is 35.8 Å². The summed E-state index contributed by atoms with van der Waals surface area (Å²) in [5.74, 6) is -0.933. The number of pyridine rings is 1. The van der Waals surface area contributed by atoms with Crippen molar-refractivity contribution in [2.75, 3.05) is 25.1 Å². The fourth-order valence-electron chi connectivity index (χ4n) is 1.49. The molecule has 1 heterocycles. The van der Waals surface area contributed by atoms with Gasteiger partial charge in [0.1, 0.15) is 12.4 Å². The maximum absolute atomic E-state index is 11.0. The number of ether oxygens (including phenoxy) is 1. The molecule has 1 aromatic heterocycles. The van der Waals surface area contributed by atoms with Gasteiger partial charge in [0.15, 0.2) is 0 Å². The van der Waals surface area contributed by atoms with Crippen LogP contribution < -0.4 is 11.1 Å². The average Bonchev–Trinajstić information content (AvgIpc) is 2.37. The lowest BCUT2D eigenvalue weighted by Crippen LogP contribution is -2.21. The molecule has 1 rings (SSSR count). The Morgan fingerprint density at radius 1 is 1.45 bits per heavy atom. The number of amides is 1. The number of hydrogen-bond donors (Lipinski definition) is 3. The lowest BCUT2D eigenvalue weighted by atomic mass is 10.1. The number of rotatable bonds is 8. The molecule has 0 spiro atoms. The molecule has 0 unspecified atom stereocenters. The third-order valence-electron chi connectivity index (χ3n) is 2.48. The van der Waals surface area contributed by atoms with Gasteiger partial charge in [0.2, 0.25) is 5.91 Å². The Balaban J connectivity index is 2.64. The van der Waals surface area contributed by atoms with Crippen molar-refractivity contribution in [3.63, 3.8) is 0 Å². The Kier molecular flexibility index (Phi) is 5.92. The number of carbonyl (C=O) groups is 2.